The van der Waals surface area contributed by atoms with Gasteiger partial charge in [0.1, 0.15) is 0 Å². The van der Waals surface area contributed by atoms with Crippen molar-refractivity contribution in [1.82, 2.24) is 10.6 Å². The van der Waals surface area contributed by atoms with E-state index in [4.69, 9.17) is 4.74 Å². The summed E-state index contributed by atoms with van der Waals surface area (Å²) in [6, 6.07) is 0.603. The first kappa shape index (κ1) is 15.7. The van der Waals surface area contributed by atoms with Gasteiger partial charge in [-0.25, -0.2) is 0 Å². The third kappa shape index (κ3) is 3.84. The molecule has 1 amide bonds. The van der Waals surface area contributed by atoms with Crippen LogP contribution >= 0.6 is 12.4 Å². The van der Waals surface area contributed by atoms with Crippen molar-refractivity contribution in [2.45, 2.75) is 57.2 Å². The van der Waals surface area contributed by atoms with Gasteiger partial charge in [0.25, 0.3) is 0 Å². The zero-order valence-electron chi connectivity index (χ0n) is 11.3. The largest absolute Gasteiger partial charge is 0.380 e. The zero-order chi connectivity index (χ0) is 12.3. The number of hydrogen-bond donors (Lipinski definition) is 2. The molecule has 1 aliphatic carbocycles. The normalized spacial score (nSPS) is 32.2. The summed E-state index contributed by atoms with van der Waals surface area (Å²) in [5, 5.41) is 6.44. The topological polar surface area (TPSA) is 50.4 Å². The van der Waals surface area contributed by atoms with E-state index in [1.807, 2.05) is 6.92 Å². The lowest BCUT2D eigenvalue weighted by molar-refractivity contribution is -0.123. The van der Waals surface area contributed by atoms with Gasteiger partial charge in [-0.15, -0.1) is 12.4 Å². The maximum Gasteiger partial charge on any atom is 0.237 e. The van der Waals surface area contributed by atoms with Gasteiger partial charge in [0, 0.05) is 19.7 Å². The van der Waals surface area contributed by atoms with Gasteiger partial charge >= 0.3 is 0 Å². The minimum Gasteiger partial charge on any atom is -0.380 e. The first-order chi connectivity index (χ1) is 8.20. The summed E-state index contributed by atoms with van der Waals surface area (Å²) >= 11 is 0. The number of halogens is 1. The van der Waals surface area contributed by atoms with Crippen molar-refractivity contribution in [3.05, 3.63) is 0 Å². The third-order valence-corrected chi connectivity index (χ3v) is 4.15. The van der Waals surface area contributed by atoms with Crippen molar-refractivity contribution in [3.8, 4) is 0 Å². The van der Waals surface area contributed by atoms with E-state index in [-0.39, 0.29) is 30.5 Å². The van der Waals surface area contributed by atoms with Crippen molar-refractivity contribution in [2.24, 2.45) is 5.92 Å². The average Bonchev–Trinajstić information content (AvgIpc) is 2.79. The molecular formula is C13H25ClN2O2. The fourth-order valence-corrected chi connectivity index (χ4v) is 2.97. The molecule has 1 saturated heterocycles. The van der Waals surface area contributed by atoms with Crippen LogP contribution in [0.25, 0.3) is 0 Å². The second-order valence-electron chi connectivity index (χ2n) is 5.40. The van der Waals surface area contributed by atoms with Crippen LogP contribution in [0, 0.1) is 5.92 Å². The number of amides is 1. The van der Waals surface area contributed by atoms with Crippen LogP contribution in [0.2, 0.25) is 0 Å². The SMILES string of the molecule is COC(C)CNC(=O)C1CC2CCCCC2N1.Cl. The van der Waals surface area contributed by atoms with E-state index in [0.29, 0.717) is 12.6 Å². The lowest BCUT2D eigenvalue weighted by Gasteiger charge is -2.24. The van der Waals surface area contributed by atoms with E-state index < -0.39 is 0 Å². The number of carbonyl (C=O) groups excluding carboxylic acids is 1. The number of nitrogens with one attached hydrogen (secondary N) is 2. The molecule has 1 aliphatic heterocycles. The van der Waals surface area contributed by atoms with Crippen LogP contribution in [-0.4, -0.2) is 37.7 Å². The van der Waals surface area contributed by atoms with Crippen molar-refractivity contribution in [2.75, 3.05) is 13.7 Å². The van der Waals surface area contributed by atoms with Crippen LogP contribution < -0.4 is 10.6 Å². The Morgan fingerprint density at radius 1 is 1.44 bits per heavy atom. The van der Waals surface area contributed by atoms with Crippen LogP contribution in [-0.2, 0) is 9.53 Å². The van der Waals surface area contributed by atoms with E-state index in [2.05, 4.69) is 10.6 Å². The molecule has 2 N–H and O–H groups in total. The smallest absolute Gasteiger partial charge is 0.237 e. The van der Waals surface area contributed by atoms with Crippen LogP contribution in [0.5, 0.6) is 0 Å². The van der Waals surface area contributed by atoms with Gasteiger partial charge in [0.2, 0.25) is 5.91 Å². The van der Waals surface area contributed by atoms with Gasteiger partial charge in [-0.1, -0.05) is 12.8 Å². The van der Waals surface area contributed by atoms with Crippen molar-refractivity contribution in [1.29, 1.82) is 0 Å². The number of carbonyl (C=O) groups is 1. The number of methoxy groups -OCH3 is 1. The molecule has 4 atom stereocenters. The lowest BCUT2D eigenvalue weighted by atomic mass is 9.85. The molecule has 2 aliphatic rings. The summed E-state index contributed by atoms with van der Waals surface area (Å²) < 4.78 is 5.12. The number of fused-ring (bicyclic) bond motifs is 1. The summed E-state index contributed by atoms with van der Waals surface area (Å²) in [5.41, 5.74) is 0. The Bertz CT molecular complexity index is 262. The summed E-state index contributed by atoms with van der Waals surface area (Å²) in [4.78, 5) is 12.0. The molecule has 4 nitrogen and oxygen atoms in total. The molecule has 0 bridgehead atoms. The molecule has 0 aromatic rings. The first-order valence-electron chi connectivity index (χ1n) is 6.77. The quantitative estimate of drug-likeness (QED) is 0.818. The van der Waals surface area contributed by atoms with E-state index in [1.54, 1.807) is 7.11 Å². The highest BCUT2D eigenvalue weighted by Gasteiger charge is 2.37. The first-order valence-corrected chi connectivity index (χ1v) is 6.77. The molecule has 2 fully saturated rings. The molecule has 5 heteroatoms. The van der Waals surface area contributed by atoms with E-state index >= 15 is 0 Å². The predicted octanol–water partition coefficient (Wildman–Crippen LogP) is 1.48. The Balaban J connectivity index is 0.00000162. The number of rotatable bonds is 4. The predicted molar refractivity (Wildman–Crippen MR) is 74.0 cm³/mol. The fourth-order valence-electron chi connectivity index (χ4n) is 2.97. The molecule has 0 aromatic carbocycles. The summed E-state index contributed by atoms with van der Waals surface area (Å²) in [6.07, 6.45) is 6.26. The van der Waals surface area contributed by atoms with E-state index in [1.165, 1.54) is 25.7 Å². The van der Waals surface area contributed by atoms with Crippen LogP contribution in [0.4, 0.5) is 0 Å². The van der Waals surface area contributed by atoms with Gasteiger partial charge in [0.15, 0.2) is 0 Å². The maximum absolute atomic E-state index is 12.0. The monoisotopic (exact) mass is 276 g/mol. The summed E-state index contributed by atoms with van der Waals surface area (Å²) in [6.45, 7) is 2.56. The van der Waals surface area contributed by atoms with Gasteiger partial charge in [-0.3, -0.25) is 4.79 Å². The molecular weight excluding hydrogens is 252 g/mol. The summed E-state index contributed by atoms with van der Waals surface area (Å²) in [7, 11) is 1.67. The molecule has 4 unspecified atom stereocenters. The highest BCUT2D eigenvalue weighted by atomic mass is 35.5. The molecule has 106 valence electrons. The number of hydrogen-bond acceptors (Lipinski definition) is 3. The van der Waals surface area contributed by atoms with Crippen molar-refractivity contribution >= 4 is 18.3 Å². The Morgan fingerprint density at radius 2 is 2.17 bits per heavy atom. The molecule has 18 heavy (non-hydrogen) atoms. The molecule has 1 saturated carbocycles. The van der Waals surface area contributed by atoms with Gasteiger partial charge in [-0.2, -0.15) is 0 Å². The average molecular weight is 277 g/mol. The molecule has 0 radical (unpaired) electrons. The molecule has 0 aromatic heterocycles. The molecule has 0 spiro atoms. The van der Waals surface area contributed by atoms with E-state index in [9.17, 15) is 4.79 Å². The highest BCUT2D eigenvalue weighted by molar-refractivity contribution is 5.85. The maximum atomic E-state index is 12.0. The molecule has 1 heterocycles. The Kier molecular flexibility index (Phi) is 6.39. The van der Waals surface area contributed by atoms with Crippen molar-refractivity contribution in [3.63, 3.8) is 0 Å². The van der Waals surface area contributed by atoms with Crippen molar-refractivity contribution < 1.29 is 9.53 Å². The molecule has 2 rings (SSSR count). The second-order valence-corrected chi connectivity index (χ2v) is 5.40. The van der Waals surface area contributed by atoms with E-state index in [0.717, 1.165) is 12.3 Å². The minimum atomic E-state index is 0. The Labute approximate surface area is 116 Å². The van der Waals surface area contributed by atoms with Crippen LogP contribution in [0.15, 0.2) is 0 Å². The third-order valence-electron chi connectivity index (χ3n) is 4.15. The zero-order valence-corrected chi connectivity index (χ0v) is 12.1. The van der Waals surface area contributed by atoms with Crippen LogP contribution in [0.3, 0.4) is 0 Å². The van der Waals surface area contributed by atoms with Gasteiger partial charge in [-0.05, 0) is 32.1 Å². The Morgan fingerprint density at radius 3 is 2.83 bits per heavy atom. The summed E-state index contributed by atoms with van der Waals surface area (Å²) in [5.74, 6) is 0.864. The second kappa shape index (κ2) is 7.31. The fraction of sp³-hybridized carbons (Fsp3) is 0.923. The van der Waals surface area contributed by atoms with Gasteiger partial charge < -0.3 is 15.4 Å². The van der Waals surface area contributed by atoms with Gasteiger partial charge in [0.05, 0.1) is 12.1 Å². The standard InChI is InChI=1S/C13H24N2O2.ClH/c1-9(17-2)8-14-13(16)12-7-10-5-3-4-6-11(10)15-12;/h9-12,15H,3-8H2,1-2H3,(H,14,16);1H. The lowest BCUT2D eigenvalue weighted by Crippen LogP contribution is -2.45. The minimum absolute atomic E-state index is 0. The number of ether oxygens (including phenoxy) is 1. The van der Waals surface area contributed by atoms with Crippen LogP contribution in [0.1, 0.15) is 39.0 Å². The Hall–Kier alpha value is -0.320. The highest BCUT2D eigenvalue weighted by Crippen LogP contribution is 2.33.